The average molecular weight is 483 g/mol. The molecule has 0 saturated carbocycles. The van der Waals surface area contributed by atoms with Crippen LogP contribution in [0.15, 0.2) is 48.5 Å². The van der Waals surface area contributed by atoms with Crippen molar-refractivity contribution < 1.29 is 13.2 Å². The summed E-state index contributed by atoms with van der Waals surface area (Å²) in [5.74, 6) is 0.876. The highest BCUT2D eigenvalue weighted by atomic mass is 127. The second-order valence-corrected chi connectivity index (χ2v) is 7.77. The molecule has 0 amide bonds. The molecule has 0 atom stereocenters. The SMILES string of the molecule is FC(F)(F)c1ccc(-n2nc(-c3cccc(I)c3)c3c2NCCCC3)cc1. The van der Waals surface area contributed by atoms with E-state index in [9.17, 15) is 13.2 Å². The van der Waals surface area contributed by atoms with E-state index >= 15 is 0 Å². The Labute approximate surface area is 168 Å². The van der Waals surface area contributed by atoms with Gasteiger partial charge in [-0.2, -0.15) is 18.3 Å². The second kappa shape index (κ2) is 7.18. The Morgan fingerprint density at radius 2 is 1.81 bits per heavy atom. The molecule has 27 heavy (non-hydrogen) atoms. The Balaban J connectivity index is 1.84. The number of alkyl halides is 3. The zero-order valence-electron chi connectivity index (χ0n) is 14.4. The molecule has 2 heterocycles. The fraction of sp³-hybridized carbons (Fsp3) is 0.250. The van der Waals surface area contributed by atoms with Gasteiger partial charge in [0.05, 0.1) is 16.9 Å². The molecule has 2 aromatic carbocycles. The van der Waals surface area contributed by atoms with Gasteiger partial charge in [0, 0.05) is 21.2 Å². The number of halogens is 4. The van der Waals surface area contributed by atoms with Crippen LogP contribution in [0.25, 0.3) is 16.9 Å². The summed E-state index contributed by atoms with van der Waals surface area (Å²) in [6, 6.07) is 13.3. The summed E-state index contributed by atoms with van der Waals surface area (Å²) in [5, 5.41) is 8.19. The van der Waals surface area contributed by atoms with E-state index in [1.807, 2.05) is 18.2 Å². The zero-order chi connectivity index (χ0) is 19.0. The predicted octanol–water partition coefficient (Wildman–Crippen LogP) is 5.91. The summed E-state index contributed by atoms with van der Waals surface area (Å²) in [5.41, 5.74) is 2.99. The van der Waals surface area contributed by atoms with Crippen LogP contribution in [-0.2, 0) is 12.6 Å². The van der Waals surface area contributed by atoms with Crippen LogP contribution in [0.3, 0.4) is 0 Å². The zero-order valence-corrected chi connectivity index (χ0v) is 16.5. The van der Waals surface area contributed by atoms with Crippen LogP contribution in [0.1, 0.15) is 24.0 Å². The number of benzene rings is 2. The van der Waals surface area contributed by atoms with Crippen molar-refractivity contribution in [1.82, 2.24) is 9.78 Å². The number of rotatable bonds is 2. The maximum atomic E-state index is 12.9. The minimum atomic E-state index is -4.34. The third-order valence-electron chi connectivity index (χ3n) is 4.67. The van der Waals surface area contributed by atoms with Crippen molar-refractivity contribution in [1.29, 1.82) is 0 Å². The van der Waals surface area contributed by atoms with Crippen molar-refractivity contribution in [2.45, 2.75) is 25.4 Å². The van der Waals surface area contributed by atoms with Gasteiger partial charge in [0.2, 0.25) is 0 Å². The largest absolute Gasteiger partial charge is 0.416 e. The molecule has 0 fully saturated rings. The van der Waals surface area contributed by atoms with Crippen molar-refractivity contribution in [3.8, 4) is 16.9 Å². The summed E-state index contributed by atoms with van der Waals surface area (Å²) in [6.45, 7) is 0.824. The van der Waals surface area contributed by atoms with Crippen molar-refractivity contribution >= 4 is 28.4 Å². The van der Waals surface area contributed by atoms with E-state index in [1.54, 1.807) is 4.68 Å². The monoisotopic (exact) mass is 483 g/mol. The van der Waals surface area contributed by atoms with Crippen molar-refractivity contribution in [3.05, 3.63) is 63.2 Å². The molecule has 4 rings (SSSR count). The van der Waals surface area contributed by atoms with Crippen LogP contribution in [-0.4, -0.2) is 16.3 Å². The maximum Gasteiger partial charge on any atom is 0.416 e. The van der Waals surface area contributed by atoms with Crippen LogP contribution < -0.4 is 5.32 Å². The van der Waals surface area contributed by atoms with Crippen molar-refractivity contribution in [3.63, 3.8) is 0 Å². The number of nitrogens with zero attached hydrogens (tertiary/aromatic N) is 2. The van der Waals surface area contributed by atoms with Gasteiger partial charge in [-0.1, -0.05) is 12.1 Å². The first-order valence-corrected chi connectivity index (χ1v) is 9.81. The lowest BCUT2D eigenvalue weighted by molar-refractivity contribution is -0.137. The van der Waals surface area contributed by atoms with E-state index in [1.165, 1.54) is 12.1 Å². The van der Waals surface area contributed by atoms with E-state index in [0.717, 1.165) is 64.1 Å². The lowest BCUT2D eigenvalue weighted by atomic mass is 10.0. The van der Waals surface area contributed by atoms with Gasteiger partial charge in [-0.15, -0.1) is 0 Å². The Morgan fingerprint density at radius 3 is 2.52 bits per heavy atom. The quantitative estimate of drug-likeness (QED) is 0.460. The molecule has 0 radical (unpaired) electrons. The number of anilines is 1. The minimum absolute atomic E-state index is 0.616. The first-order valence-electron chi connectivity index (χ1n) is 8.73. The van der Waals surface area contributed by atoms with Gasteiger partial charge < -0.3 is 5.32 Å². The predicted molar refractivity (Wildman–Crippen MR) is 108 cm³/mol. The number of nitrogens with one attached hydrogen (secondary N) is 1. The van der Waals surface area contributed by atoms with Crippen LogP contribution >= 0.6 is 22.6 Å². The highest BCUT2D eigenvalue weighted by Crippen LogP contribution is 2.35. The van der Waals surface area contributed by atoms with Crippen LogP contribution in [0.4, 0.5) is 19.0 Å². The number of hydrogen-bond donors (Lipinski definition) is 1. The molecule has 1 N–H and O–H groups in total. The van der Waals surface area contributed by atoms with Gasteiger partial charge in [-0.05, 0) is 78.3 Å². The van der Waals surface area contributed by atoms with Gasteiger partial charge >= 0.3 is 6.18 Å². The molecular weight excluding hydrogens is 466 g/mol. The molecule has 0 aliphatic carbocycles. The molecule has 3 nitrogen and oxygen atoms in total. The Morgan fingerprint density at radius 1 is 1.04 bits per heavy atom. The van der Waals surface area contributed by atoms with Gasteiger partial charge in [0.1, 0.15) is 5.82 Å². The molecular formula is C20H17F3IN3. The van der Waals surface area contributed by atoms with E-state index in [-0.39, 0.29) is 0 Å². The fourth-order valence-corrected chi connectivity index (χ4v) is 3.89. The first-order chi connectivity index (χ1) is 12.9. The molecule has 0 bridgehead atoms. The molecule has 0 unspecified atom stereocenters. The van der Waals surface area contributed by atoms with Gasteiger partial charge in [-0.25, -0.2) is 4.68 Å². The third-order valence-corrected chi connectivity index (χ3v) is 5.34. The summed E-state index contributed by atoms with van der Waals surface area (Å²) in [7, 11) is 0. The molecule has 0 spiro atoms. The first kappa shape index (κ1) is 18.3. The topological polar surface area (TPSA) is 29.9 Å². The van der Waals surface area contributed by atoms with Crippen LogP contribution in [0.2, 0.25) is 0 Å². The van der Waals surface area contributed by atoms with E-state index in [0.29, 0.717) is 5.69 Å². The minimum Gasteiger partial charge on any atom is -0.370 e. The summed E-state index contributed by atoms with van der Waals surface area (Å²) < 4.78 is 41.5. The molecule has 1 aliphatic rings. The number of fused-ring (bicyclic) bond motifs is 1. The average Bonchev–Trinajstić information content (AvgIpc) is 2.82. The van der Waals surface area contributed by atoms with E-state index in [2.05, 4.69) is 34.0 Å². The van der Waals surface area contributed by atoms with E-state index < -0.39 is 11.7 Å². The molecule has 7 heteroatoms. The van der Waals surface area contributed by atoms with Gasteiger partial charge in [0.25, 0.3) is 0 Å². The highest BCUT2D eigenvalue weighted by Gasteiger charge is 2.30. The molecule has 140 valence electrons. The summed E-state index contributed by atoms with van der Waals surface area (Å²) >= 11 is 2.27. The van der Waals surface area contributed by atoms with Gasteiger partial charge in [-0.3, -0.25) is 0 Å². The van der Waals surface area contributed by atoms with Crippen molar-refractivity contribution in [2.75, 3.05) is 11.9 Å². The van der Waals surface area contributed by atoms with Crippen LogP contribution in [0.5, 0.6) is 0 Å². The van der Waals surface area contributed by atoms with Crippen molar-refractivity contribution in [2.24, 2.45) is 0 Å². The third kappa shape index (κ3) is 3.69. The fourth-order valence-electron chi connectivity index (χ4n) is 3.35. The maximum absolute atomic E-state index is 12.9. The Bertz CT molecular complexity index is 962. The lowest BCUT2D eigenvalue weighted by Gasteiger charge is -2.11. The molecule has 0 saturated heterocycles. The number of aromatic nitrogens is 2. The summed E-state index contributed by atoms with van der Waals surface area (Å²) in [4.78, 5) is 0. The standard InChI is InChI=1S/C20H17F3IN3/c21-20(22,23)14-7-9-16(10-8-14)27-19-17(6-1-2-11-25-19)18(26-27)13-4-3-5-15(24)12-13/h3-5,7-10,12,25H,1-2,6,11H2. The Hall–Kier alpha value is -2.03. The van der Waals surface area contributed by atoms with Gasteiger partial charge in [0.15, 0.2) is 0 Å². The van der Waals surface area contributed by atoms with Crippen LogP contribution in [0, 0.1) is 3.57 Å². The normalized spacial score (nSPS) is 14.4. The number of hydrogen-bond acceptors (Lipinski definition) is 2. The highest BCUT2D eigenvalue weighted by molar-refractivity contribution is 14.1. The Kier molecular flexibility index (Phi) is 4.88. The summed E-state index contributed by atoms with van der Waals surface area (Å²) in [6.07, 6.45) is -1.35. The smallest absolute Gasteiger partial charge is 0.370 e. The second-order valence-electron chi connectivity index (χ2n) is 6.53. The van der Waals surface area contributed by atoms with E-state index in [4.69, 9.17) is 5.10 Å². The molecule has 1 aliphatic heterocycles. The molecule has 1 aromatic heterocycles. The molecule has 3 aromatic rings. The lowest BCUT2D eigenvalue weighted by Crippen LogP contribution is -2.08.